The first-order valence-electron chi connectivity index (χ1n) is 8.31. The van der Waals surface area contributed by atoms with Gasteiger partial charge in [0, 0.05) is 18.5 Å². The van der Waals surface area contributed by atoms with Crippen molar-refractivity contribution in [3.8, 4) is 11.5 Å². The first-order chi connectivity index (χ1) is 11.8. The van der Waals surface area contributed by atoms with Crippen LogP contribution in [0.5, 0.6) is 11.5 Å². The molecule has 8 heteroatoms. The van der Waals surface area contributed by atoms with Gasteiger partial charge in [0.05, 0.1) is 33.9 Å². The maximum atomic E-state index is 12.2. The second kappa shape index (κ2) is 10.7. The average Bonchev–Trinajstić information content (AvgIpc) is 2.56. The van der Waals surface area contributed by atoms with E-state index >= 15 is 0 Å². The van der Waals surface area contributed by atoms with Crippen LogP contribution < -0.4 is 30.5 Å². The number of benzene rings is 1. The molecule has 1 aromatic rings. The highest BCUT2D eigenvalue weighted by molar-refractivity contribution is 7.80. The molecule has 0 atom stereocenters. The Morgan fingerprint density at radius 1 is 1.24 bits per heavy atom. The maximum absolute atomic E-state index is 12.2. The zero-order chi connectivity index (χ0) is 18.8. The fourth-order valence-electron chi connectivity index (χ4n) is 2.03. The highest BCUT2D eigenvalue weighted by atomic mass is 32.1. The van der Waals surface area contributed by atoms with E-state index in [9.17, 15) is 4.79 Å². The van der Waals surface area contributed by atoms with Gasteiger partial charge >= 0.3 is 0 Å². The number of methoxy groups -OCH3 is 1. The van der Waals surface area contributed by atoms with Crippen molar-refractivity contribution in [2.45, 2.75) is 26.4 Å². The van der Waals surface area contributed by atoms with Crippen LogP contribution in [0.2, 0.25) is 0 Å². The average molecular weight is 370 g/mol. The van der Waals surface area contributed by atoms with E-state index in [1.54, 1.807) is 18.2 Å². The lowest BCUT2D eigenvalue weighted by Gasteiger charge is -2.15. The minimum atomic E-state index is -0.309. The lowest BCUT2D eigenvalue weighted by molar-refractivity contribution is -0.858. The Hall–Kier alpha value is -2.06. The number of hydrogen-bond donors (Lipinski definition) is 4. The smallest absolute Gasteiger partial charge is 0.269 e. The van der Waals surface area contributed by atoms with E-state index in [1.165, 1.54) is 12.0 Å². The van der Waals surface area contributed by atoms with Gasteiger partial charge in [0.25, 0.3) is 5.91 Å². The van der Waals surface area contributed by atoms with Crippen LogP contribution in [-0.4, -0.2) is 51.4 Å². The summed E-state index contributed by atoms with van der Waals surface area (Å²) in [6.45, 7) is 5.66. The molecule has 7 nitrogen and oxygen atoms in total. The molecule has 0 radical (unpaired) electrons. The Morgan fingerprint density at radius 2 is 1.96 bits per heavy atom. The first kappa shape index (κ1) is 21.0. The van der Waals surface area contributed by atoms with Gasteiger partial charge in [0.2, 0.25) is 0 Å². The molecule has 0 saturated carbocycles. The quantitative estimate of drug-likeness (QED) is 0.296. The van der Waals surface area contributed by atoms with Gasteiger partial charge < -0.3 is 19.7 Å². The molecule has 1 aromatic carbocycles. The molecular weight excluding hydrogens is 340 g/mol. The van der Waals surface area contributed by atoms with Crippen molar-refractivity contribution in [2.75, 3.05) is 34.3 Å². The molecule has 0 aliphatic rings. The Labute approximate surface area is 155 Å². The van der Waals surface area contributed by atoms with Crippen molar-refractivity contribution < 1.29 is 19.2 Å². The van der Waals surface area contributed by atoms with Gasteiger partial charge in [0.1, 0.15) is 0 Å². The summed E-state index contributed by atoms with van der Waals surface area (Å²) in [4.78, 5) is 13.6. The number of carbonyl (C=O) groups excluding carboxylic acids is 1. The summed E-state index contributed by atoms with van der Waals surface area (Å²) in [5.41, 5.74) is 5.70. The van der Waals surface area contributed by atoms with Crippen molar-refractivity contribution in [2.24, 2.45) is 0 Å². The molecule has 0 spiro atoms. The molecule has 0 heterocycles. The number of rotatable bonds is 8. The molecule has 0 bridgehead atoms. The van der Waals surface area contributed by atoms with E-state index in [1.807, 2.05) is 13.8 Å². The summed E-state index contributed by atoms with van der Waals surface area (Å²) in [6.07, 6.45) is 1.01. The van der Waals surface area contributed by atoms with Crippen molar-refractivity contribution in [3.63, 3.8) is 0 Å². The van der Waals surface area contributed by atoms with Crippen LogP contribution >= 0.6 is 12.2 Å². The topological polar surface area (TPSA) is 76.1 Å². The van der Waals surface area contributed by atoms with Gasteiger partial charge in [-0.2, -0.15) is 0 Å². The van der Waals surface area contributed by atoms with E-state index in [-0.39, 0.29) is 12.0 Å². The Kier molecular flexibility index (Phi) is 9.01. The van der Waals surface area contributed by atoms with Gasteiger partial charge in [0.15, 0.2) is 16.6 Å². The fourth-order valence-corrected chi connectivity index (χ4v) is 2.19. The molecule has 4 N–H and O–H groups in total. The maximum Gasteiger partial charge on any atom is 0.269 e. The second-order valence-electron chi connectivity index (χ2n) is 6.18. The number of carbonyl (C=O) groups is 1. The van der Waals surface area contributed by atoms with Crippen molar-refractivity contribution >= 4 is 23.2 Å². The highest BCUT2D eigenvalue weighted by Crippen LogP contribution is 2.28. The van der Waals surface area contributed by atoms with Crippen LogP contribution in [0, 0.1) is 0 Å². The van der Waals surface area contributed by atoms with Crippen LogP contribution in [0.4, 0.5) is 0 Å². The standard InChI is InChI=1S/C17H28N4O3S/c1-12(2)24-14-8-7-13(11-15(14)23-5)16(22)19-20-17(25)18-9-6-10-21(3)4/h7-8,11-12H,6,9-10H2,1-5H3,(H,19,22)(H2,18,20,25)/p+1. The predicted octanol–water partition coefficient (Wildman–Crippen LogP) is 0.126. The fraction of sp³-hybridized carbons (Fsp3) is 0.529. The zero-order valence-electron chi connectivity index (χ0n) is 15.6. The third-order valence-electron chi connectivity index (χ3n) is 3.22. The Morgan fingerprint density at radius 3 is 2.56 bits per heavy atom. The highest BCUT2D eigenvalue weighted by Gasteiger charge is 2.12. The predicted molar refractivity (Wildman–Crippen MR) is 102 cm³/mol. The minimum Gasteiger partial charge on any atom is -0.493 e. The van der Waals surface area contributed by atoms with Crippen molar-refractivity contribution in [1.29, 1.82) is 0 Å². The van der Waals surface area contributed by atoms with Crippen LogP contribution in [0.25, 0.3) is 0 Å². The Bertz CT molecular complexity index is 579. The molecule has 0 aromatic heterocycles. The molecule has 0 saturated heterocycles. The van der Waals surface area contributed by atoms with E-state index in [4.69, 9.17) is 21.7 Å². The normalized spacial score (nSPS) is 10.5. The first-order valence-corrected chi connectivity index (χ1v) is 8.72. The molecular formula is C17H29N4O3S+. The molecule has 1 amide bonds. The molecule has 0 unspecified atom stereocenters. The van der Waals surface area contributed by atoms with Gasteiger partial charge in [-0.25, -0.2) is 0 Å². The van der Waals surface area contributed by atoms with Crippen molar-refractivity contribution in [3.05, 3.63) is 23.8 Å². The Balaban J connectivity index is 2.50. The zero-order valence-corrected chi connectivity index (χ0v) is 16.4. The largest absolute Gasteiger partial charge is 0.493 e. The van der Waals surface area contributed by atoms with E-state index in [0.29, 0.717) is 22.2 Å². The van der Waals surface area contributed by atoms with Crippen LogP contribution in [0.15, 0.2) is 18.2 Å². The summed E-state index contributed by atoms with van der Waals surface area (Å²) in [6, 6.07) is 5.02. The van der Waals surface area contributed by atoms with Gasteiger partial charge in [-0.05, 0) is 44.3 Å². The van der Waals surface area contributed by atoms with Gasteiger partial charge in [-0.15, -0.1) is 0 Å². The van der Waals surface area contributed by atoms with Gasteiger partial charge in [-0.3, -0.25) is 15.6 Å². The van der Waals surface area contributed by atoms with Crippen LogP contribution in [0.1, 0.15) is 30.6 Å². The third-order valence-corrected chi connectivity index (χ3v) is 3.46. The molecule has 25 heavy (non-hydrogen) atoms. The molecule has 0 fully saturated rings. The third kappa shape index (κ3) is 8.04. The SMILES string of the molecule is COc1cc(C(=O)NNC(=S)NCCC[NH+](C)C)ccc1OC(C)C. The number of amides is 1. The molecule has 140 valence electrons. The summed E-state index contributed by atoms with van der Waals surface area (Å²) in [5, 5.41) is 3.43. The van der Waals surface area contributed by atoms with Crippen LogP contribution in [0.3, 0.4) is 0 Å². The van der Waals surface area contributed by atoms with Crippen molar-refractivity contribution in [1.82, 2.24) is 16.2 Å². The van der Waals surface area contributed by atoms with Gasteiger partial charge in [-0.1, -0.05) is 0 Å². The number of quaternary nitrogens is 1. The molecule has 1 rings (SSSR count). The van der Waals surface area contributed by atoms with E-state index in [2.05, 4.69) is 30.3 Å². The summed E-state index contributed by atoms with van der Waals surface area (Å²) in [7, 11) is 5.74. The number of ether oxygens (including phenoxy) is 2. The second-order valence-corrected chi connectivity index (χ2v) is 6.59. The number of hydrogen-bond acceptors (Lipinski definition) is 4. The van der Waals surface area contributed by atoms with Crippen LogP contribution in [-0.2, 0) is 0 Å². The summed E-state index contributed by atoms with van der Waals surface area (Å²) < 4.78 is 10.9. The van der Waals surface area contributed by atoms with E-state index in [0.717, 1.165) is 19.5 Å². The minimum absolute atomic E-state index is 0.0211. The molecule has 0 aliphatic carbocycles. The number of hydrazine groups is 1. The summed E-state index contributed by atoms with van der Waals surface area (Å²) >= 11 is 5.13. The number of nitrogens with one attached hydrogen (secondary N) is 4. The van der Waals surface area contributed by atoms with E-state index < -0.39 is 0 Å². The number of thiocarbonyl (C=S) groups is 1. The summed E-state index contributed by atoms with van der Waals surface area (Å²) in [5.74, 6) is 0.798. The molecule has 0 aliphatic heterocycles. The lowest BCUT2D eigenvalue weighted by atomic mass is 10.2. The lowest BCUT2D eigenvalue weighted by Crippen LogP contribution is -3.05. The monoisotopic (exact) mass is 369 g/mol.